The molecule has 2 N–H and O–H groups in total. The Hall–Kier alpha value is -1.23. The molecule has 0 bridgehead atoms. The Morgan fingerprint density at radius 3 is 2.93 bits per heavy atom. The van der Waals surface area contributed by atoms with E-state index in [-0.39, 0.29) is 5.97 Å². The van der Waals surface area contributed by atoms with E-state index < -0.39 is 0 Å². The maximum absolute atomic E-state index is 10.8. The van der Waals surface area contributed by atoms with E-state index in [0.717, 1.165) is 10.7 Å². The molecule has 5 heteroatoms. The molecule has 0 aliphatic carbocycles. The predicted octanol–water partition coefficient (Wildman–Crippen LogP) is 1.63. The van der Waals surface area contributed by atoms with Gasteiger partial charge in [0, 0.05) is 5.75 Å². The zero-order chi connectivity index (χ0) is 11.3. The number of nitrogens with two attached hydrogens (primary N) is 1. The lowest BCUT2D eigenvalue weighted by Crippen LogP contribution is -2.01. The van der Waals surface area contributed by atoms with E-state index in [1.807, 2.05) is 19.1 Å². The van der Waals surface area contributed by atoms with Gasteiger partial charge in [-0.05, 0) is 19.1 Å². The van der Waals surface area contributed by atoms with Crippen molar-refractivity contribution in [1.82, 2.24) is 4.98 Å². The molecule has 0 aliphatic rings. The van der Waals surface area contributed by atoms with Crippen molar-refractivity contribution < 1.29 is 9.53 Å². The zero-order valence-corrected chi connectivity index (χ0v) is 9.63. The van der Waals surface area contributed by atoms with Crippen molar-refractivity contribution in [2.24, 2.45) is 0 Å². The van der Waals surface area contributed by atoms with Gasteiger partial charge in [-0.15, -0.1) is 11.8 Å². The fourth-order valence-electron chi connectivity index (χ4n) is 0.970. The van der Waals surface area contributed by atoms with Gasteiger partial charge >= 0.3 is 5.97 Å². The third-order valence-electron chi connectivity index (χ3n) is 1.88. The predicted molar refractivity (Wildman–Crippen MR) is 60.7 cm³/mol. The van der Waals surface area contributed by atoms with Crippen LogP contribution in [0.15, 0.2) is 17.2 Å². The molecule has 0 radical (unpaired) electrons. The Balaban J connectivity index is 2.44. The smallest absolute Gasteiger partial charge is 0.306 e. The second kappa shape index (κ2) is 5.60. The van der Waals surface area contributed by atoms with Gasteiger partial charge in [0.05, 0.1) is 29.9 Å². The number of hydrogen-bond donors (Lipinski definition) is 1. The molecule has 0 amide bonds. The summed E-state index contributed by atoms with van der Waals surface area (Å²) in [7, 11) is 1.39. The Kier molecular flexibility index (Phi) is 4.42. The minimum absolute atomic E-state index is 0.199. The fraction of sp³-hybridized carbons (Fsp3) is 0.400. The molecule has 0 saturated carbocycles. The highest BCUT2D eigenvalue weighted by atomic mass is 32.2. The monoisotopic (exact) mass is 226 g/mol. The normalized spacial score (nSPS) is 10.0. The van der Waals surface area contributed by atoms with E-state index >= 15 is 0 Å². The van der Waals surface area contributed by atoms with Gasteiger partial charge in [-0.25, -0.2) is 4.98 Å². The summed E-state index contributed by atoms with van der Waals surface area (Å²) in [4.78, 5) is 15.1. The number of nitrogens with zero attached hydrogens (tertiary/aromatic N) is 1. The average molecular weight is 226 g/mol. The third kappa shape index (κ3) is 3.79. The number of hydrogen-bond acceptors (Lipinski definition) is 5. The molecule has 0 aromatic carbocycles. The van der Waals surface area contributed by atoms with Crippen LogP contribution in [0.25, 0.3) is 0 Å². The van der Waals surface area contributed by atoms with Gasteiger partial charge in [0.2, 0.25) is 0 Å². The molecule has 0 fully saturated rings. The van der Waals surface area contributed by atoms with E-state index in [2.05, 4.69) is 9.72 Å². The van der Waals surface area contributed by atoms with Crippen molar-refractivity contribution in [3.05, 3.63) is 17.8 Å². The van der Waals surface area contributed by atoms with Crippen LogP contribution in [0.1, 0.15) is 12.1 Å². The lowest BCUT2D eigenvalue weighted by Gasteiger charge is -2.03. The van der Waals surface area contributed by atoms with Crippen molar-refractivity contribution >= 4 is 23.4 Å². The summed E-state index contributed by atoms with van der Waals surface area (Å²) in [5, 5.41) is 0.880. The van der Waals surface area contributed by atoms with Crippen LogP contribution in [0.4, 0.5) is 5.69 Å². The number of ether oxygens (including phenoxy) is 1. The van der Waals surface area contributed by atoms with Gasteiger partial charge in [-0.1, -0.05) is 0 Å². The van der Waals surface area contributed by atoms with E-state index in [0.29, 0.717) is 17.9 Å². The summed E-state index contributed by atoms with van der Waals surface area (Å²) in [6, 6.07) is 3.67. The highest BCUT2D eigenvalue weighted by Gasteiger charge is 2.03. The van der Waals surface area contributed by atoms with E-state index in [9.17, 15) is 4.79 Å². The highest BCUT2D eigenvalue weighted by molar-refractivity contribution is 7.99. The van der Waals surface area contributed by atoms with Crippen molar-refractivity contribution in [2.45, 2.75) is 18.4 Å². The number of pyridine rings is 1. The van der Waals surface area contributed by atoms with E-state index in [4.69, 9.17) is 5.73 Å². The number of carbonyl (C=O) groups is 1. The minimum atomic E-state index is -0.199. The van der Waals surface area contributed by atoms with Crippen LogP contribution in [0, 0.1) is 6.92 Å². The van der Waals surface area contributed by atoms with Crippen molar-refractivity contribution in [3.8, 4) is 0 Å². The highest BCUT2D eigenvalue weighted by Crippen LogP contribution is 2.19. The Labute approximate surface area is 93.2 Å². The summed E-state index contributed by atoms with van der Waals surface area (Å²) >= 11 is 1.52. The molecular formula is C10H14N2O2S. The number of methoxy groups -OCH3 is 1. The maximum atomic E-state index is 10.8. The molecule has 0 saturated heterocycles. The van der Waals surface area contributed by atoms with Crippen LogP contribution in [0.5, 0.6) is 0 Å². The number of aromatic nitrogens is 1. The zero-order valence-electron chi connectivity index (χ0n) is 8.82. The fourth-order valence-corrected chi connectivity index (χ4v) is 1.81. The summed E-state index contributed by atoms with van der Waals surface area (Å²) in [5.41, 5.74) is 7.15. The average Bonchev–Trinajstić information content (AvgIpc) is 2.23. The second-order valence-electron chi connectivity index (χ2n) is 3.00. The van der Waals surface area contributed by atoms with Crippen LogP contribution >= 0.6 is 11.8 Å². The summed E-state index contributed by atoms with van der Waals surface area (Å²) < 4.78 is 4.54. The molecule has 15 heavy (non-hydrogen) atoms. The van der Waals surface area contributed by atoms with Crippen molar-refractivity contribution in [2.75, 3.05) is 18.6 Å². The van der Waals surface area contributed by atoms with Crippen LogP contribution < -0.4 is 5.73 Å². The van der Waals surface area contributed by atoms with Gasteiger partial charge in [0.15, 0.2) is 0 Å². The lowest BCUT2D eigenvalue weighted by molar-refractivity contribution is -0.140. The SMILES string of the molecule is COC(=O)CCSc1ccc(N)c(C)n1. The lowest BCUT2D eigenvalue weighted by atomic mass is 10.3. The quantitative estimate of drug-likeness (QED) is 0.624. The first-order valence-electron chi connectivity index (χ1n) is 4.56. The van der Waals surface area contributed by atoms with Crippen molar-refractivity contribution in [1.29, 1.82) is 0 Å². The molecule has 82 valence electrons. The standard InChI is InChI=1S/C10H14N2O2S/c1-7-8(11)3-4-9(12-7)15-6-5-10(13)14-2/h3-4H,5-6,11H2,1-2H3. The van der Waals surface area contributed by atoms with Gasteiger partial charge < -0.3 is 10.5 Å². The molecule has 4 nitrogen and oxygen atoms in total. The molecule has 1 rings (SSSR count). The largest absolute Gasteiger partial charge is 0.469 e. The number of thioether (sulfide) groups is 1. The molecule has 0 spiro atoms. The van der Waals surface area contributed by atoms with Crippen LogP contribution in [-0.2, 0) is 9.53 Å². The minimum Gasteiger partial charge on any atom is -0.469 e. The molecule has 1 aromatic rings. The van der Waals surface area contributed by atoms with Gasteiger partial charge in [0.1, 0.15) is 0 Å². The van der Waals surface area contributed by atoms with Crippen LogP contribution in [0.3, 0.4) is 0 Å². The molecule has 0 aliphatic heterocycles. The Morgan fingerprint density at radius 1 is 1.60 bits per heavy atom. The molecule has 0 unspecified atom stereocenters. The Bertz CT molecular complexity index is 355. The van der Waals surface area contributed by atoms with Crippen molar-refractivity contribution in [3.63, 3.8) is 0 Å². The maximum Gasteiger partial charge on any atom is 0.306 e. The van der Waals surface area contributed by atoms with Gasteiger partial charge in [-0.3, -0.25) is 4.79 Å². The number of nitrogen functional groups attached to an aromatic ring is 1. The number of carbonyl (C=O) groups excluding carboxylic acids is 1. The third-order valence-corrected chi connectivity index (χ3v) is 2.82. The molecule has 1 heterocycles. The number of aryl methyl sites for hydroxylation is 1. The molecular weight excluding hydrogens is 212 g/mol. The number of esters is 1. The first kappa shape index (κ1) is 11.8. The van der Waals surface area contributed by atoms with Gasteiger partial charge in [-0.2, -0.15) is 0 Å². The van der Waals surface area contributed by atoms with Gasteiger partial charge in [0.25, 0.3) is 0 Å². The van der Waals surface area contributed by atoms with E-state index in [1.165, 1.54) is 18.9 Å². The summed E-state index contributed by atoms with van der Waals surface area (Å²) in [5.74, 6) is 0.470. The Morgan fingerprint density at radius 2 is 2.33 bits per heavy atom. The first-order chi connectivity index (χ1) is 7.13. The topological polar surface area (TPSA) is 65.2 Å². The molecule has 0 atom stereocenters. The molecule has 1 aromatic heterocycles. The van der Waals surface area contributed by atoms with Crippen LogP contribution in [-0.4, -0.2) is 23.8 Å². The second-order valence-corrected chi connectivity index (χ2v) is 4.11. The van der Waals surface area contributed by atoms with E-state index in [1.54, 1.807) is 0 Å². The number of anilines is 1. The van der Waals surface area contributed by atoms with Crippen LogP contribution in [0.2, 0.25) is 0 Å². The number of rotatable bonds is 4. The first-order valence-corrected chi connectivity index (χ1v) is 5.55. The summed E-state index contributed by atoms with van der Waals surface area (Å²) in [6.45, 7) is 1.86. The summed E-state index contributed by atoms with van der Waals surface area (Å²) in [6.07, 6.45) is 0.395.